The fourth-order valence-electron chi connectivity index (χ4n) is 5.10. The average Bonchev–Trinajstić information content (AvgIpc) is 3.59. The first-order valence-corrected chi connectivity index (χ1v) is 13.4. The Kier molecular flexibility index (Phi) is 8.13. The molecule has 0 radical (unpaired) electrons. The summed E-state index contributed by atoms with van der Waals surface area (Å²) in [7, 11) is 0. The normalized spacial score (nSPS) is 19.3. The Balaban J connectivity index is 1.18. The van der Waals surface area contributed by atoms with Gasteiger partial charge in [-0.3, -0.25) is 4.79 Å². The first-order valence-electron chi connectivity index (χ1n) is 13.4. The minimum absolute atomic E-state index is 0.103. The Morgan fingerprint density at radius 1 is 1.10 bits per heavy atom. The van der Waals surface area contributed by atoms with Gasteiger partial charge in [-0.15, -0.1) is 0 Å². The summed E-state index contributed by atoms with van der Waals surface area (Å²) in [5, 5.41) is 5.77. The molecule has 2 aromatic heterocycles. The molecule has 0 aliphatic carbocycles. The molecule has 13 heteroatoms. The van der Waals surface area contributed by atoms with E-state index in [-0.39, 0.29) is 30.1 Å². The zero-order valence-electron chi connectivity index (χ0n) is 22.4. The molecule has 1 aromatic carbocycles. The second-order valence-electron chi connectivity index (χ2n) is 10.5. The fourth-order valence-corrected chi connectivity index (χ4v) is 5.10. The van der Waals surface area contributed by atoms with Gasteiger partial charge in [0.1, 0.15) is 11.6 Å². The van der Waals surface area contributed by atoms with Crippen molar-refractivity contribution in [1.29, 1.82) is 0 Å². The van der Waals surface area contributed by atoms with Gasteiger partial charge in [-0.05, 0) is 48.9 Å². The van der Waals surface area contributed by atoms with Gasteiger partial charge >= 0.3 is 12.2 Å². The third-order valence-corrected chi connectivity index (χ3v) is 7.20. The Hall–Kier alpha value is -4.16. The summed E-state index contributed by atoms with van der Waals surface area (Å²) in [4.78, 5) is 36.6. The van der Waals surface area contributed by atoms with Gasteiger partial charge in [-0.2, -0.15) is 18.2 Å². The lowest BCUT2D eigenvalue weighted by Crippen LogP contribution is -2.35. The number of Topliss-reactive ketones (excluding diaryl/α,β-unsaturated/α-hetero) is 1. The molecule has 0 saturated carbocycles. The molecule has 2 N–H and O–H groups in total. The topological polar surface area (TPSA) is 104 Å². The number of oxazole rings is 1. The van der Waals surface area contributed by atoms with Crippen molar-refractivity contribution in [2.75, 3.05) is 41.7 Å². The zero-order valence-corrected chi connectivity index (χ0v) is 22.4. The molecule has 1 unspecified atom stereocenters. The van der Waals surface area contributed by atoms with Crippen LogP contribution in [0.3, 0.4) is 0 Å². The monoisotopic (exact) mass is 574 g/mol. The van der Waals surface area contributed by atoms with Crippen molar-refractivity contribution < 1.29 is 31.6 Å². The van der Waals surface area contributed by atoms with E-state index in [4.69, 9.17) is 4.42 Å². The molecule has 9 nitrogen and oxygen atoms in total. The number of para-hydroxylation sites is 1. The molecule has 2 fully saturated rings. The summed E-state index contributed by atoms with van der Waals surface area (Å²) < 4.78 is 60.3. The fraction of sp³-hybridized carbons (Fsp3) is 0.429. The molecule has 2 aliphatic heterocycles. The number of aromatic nitrogens is 2. The number of hydrogen-bond donors (Lipinski definition) is 2. The summed E-state index contributed by atoms with van der Waals surface area (Å²) >= 11 is 0. The number of likely N-dealkylation sites (tertiary alicyclic amines) is 1. The highest BCUT2D eigenvalue weighted by atomic mass is 19.4. The molecule has 2 amide bonds. The summed E-state index contributed by atoms with van der Waals surface area (Å²) in [6, 6.07) is 8.43. The highest BCUT2D eigenvalue weighted by molar-refractivity contribution is 5.96. The summed E-state index contributed by atoms with van der Waals surface area (Å²) in [5.74, 6) is -1.39. The van der Waals surface area contributed by atoms with Gasteiger partial charge in [-0.1, -0.05) is 25.1 Å². The van der Waals surface area contributed by atoms with E-state index >= 15 is 0 Å². The molecule has 41 heavy (non-hydrogen) atoms. The van der Waals surface area contributed by atoms with Crippen molar-refractivity contribution in [2.24, 2.45) is 5.92 Å². The number of hydrogen-bond acceptors (Lipinski definition) is 7. The number of nitrogens with zero attached hydrogens (tertiary/aromatic N) is 4. The Morgan fingerprint density at radius 3 is 2.61 bits per heavy atom. The quantitative estimate of drug-likeness (QED) is 0.279. The van der Waals surface area contributed by atoms with E-state index in [9.17, 15) is 27.2 Å². The highest BCUT2D eigenvalue weighted by Crippen LogP contribution is 2.35. The van der Waals surface area contributed by atoms with Crippen LogP contribution in [0.4, 0.5) is 39.9 Å². The number of piperidine rings is 1. The molecule has 2 atom stereocenters. The number of carbonyl (C=O) groups is 2. The number of carbonyl (C=O) groups excluding carboxylic acids is 2. The molecule has 218 valence electrons. The largest absolute Gasteiger partial charge is 0.437 e. The third-order valence-electron chi connectivity index (χ3n) is 7.20. The predicted octanol–water partition coefficient (Wildman–Crippen LogP) is 5.61. The van der Waals surface area contributed by atoms with Crippen LogP contribution in [0.1, 0.15) is 48.0 Å². The smallest absolute Gasteiger partial charge is 0.420 e. The van der Waals surface area contributed by atoms with Crippen LogP contribution in [0.5, 0.6) is 0 Å². The number of nitrogens with one attached hydrogen (secondary N) is 2. The molecule has 2 saturated heterocycles. The van der Waals surface area contributed by atoms with Crippen LogP contribution in [0.25, 0.3) is 0 Å². The standard InChI is InChI=1S/C28H30F4N6O3/c1-17-5-4-11-38(15-17)27-36-25(28(30,31)32)24(41-27)22(39)13-18-8-9-23(33-14-18)34-19-10-12-37(16-19)26(40)35-21-7-3-2-6-20(21)29/h2-3,6-9,14,17,19H,4-5,10-13,15-16H2,1H3,(H,33,34)(H,35,40)/t17?,19-/m0/s1. The molecule has 4 heterocycles. The number of benzene rings is 1. The minimum Gasteiger partial charge on any atom is -0.420 e. The van der Waals surface area contributed by atoms with Gasteiger partial charge in [-0.25, -0.2) is 14.2 Å². The van der Waals surface area contributed by atoms with Gasteiger partial charge in [0.2, 0.25) is 11.5 Å². The van der Waals surface area contributed by atoms with E-state index in [0.29, 0.717) is 44.0 Å². The maximum Gasteiger partial charge on any atom is 0.437 e. The first-order chi connectivity index (χ1) is 19.6. The van der Waals surface area contributed by atoms with E-state index in [0.717, 1.165) is 12.8 Å². The Morgan fingerprint density at radius 2 is 1.90 bits per heavy atom. The number of rotatable bonds is 7. The minimum atomic E-state index is -4.83. The van der Waals surface area contributed by atoms with E-state index < -0.39 is 35.3 Å². The number of alkyl halides is 3. The number of anilines is 3. The van der Waals surface area contributed by atoms with E-state index in [1.165, 1.54) is 24.4 Å². The van der Waals surface area contributed by atoms with E-state index in [1.54, 1.807) is 28.0 Å². The number of ketones is 1. The van der Waals surface area contributed by atoms with Crippen molar-refractivity contribution in [1.82, 2.24) is 14.9 Å². The third kappa shape index (κ3) is 6.77. The van der Waals surface area contributed by atoms with Crippen LogP contribution >= 0.6 is 0 Å². The number of urea groups is 1. The van der Waals surface area contributed by atoms with Crippen molar-refractivity contribution >= 4 is 29.3 Å². The van der Waals surface area contributed by atoms with Crippen LogP contribution in [0.2, 0.25) is 0 Å². The lowest BCUT2D eigenvalue weighted by molar-refractivity contribution is -0.141. The van der Waals surface area contributed by atoms with Crippen LogP contribution in [-0.2, 0) is 12.6 Å². The summed E-state index contributed by atoms with van der Waals surface area (Å²) in [6.45, 7) is 3.86. The van der Waals surface area contributed by atoms with Gasteiger partial charge in [0.05, 0.1) is 5.69 Å². The average molecular weight is 575 g/mol. The molecule has 2 aliphatic rings. The van der Waals surface area contributed by atoms with Gasteiger partial charge in [0, 0.05) is 44.8 Å². The van der Waals surface area contributed by atoms with Crippen LogP contribution < -0.4 is 15.5 Å². The number of halogens is 4. The van der Waals surface area contributed by atoms with E-state index in [1.807, 2.05) is 6.92 Å². The van der Waals surface area contributed by atoms with Gasteiger partial charge in [0.15, 0.2) is 5.69 Å². The van der Waals surface area contributed by atoms with Crippen LogP contribution in [-0.4, -0.2) is 58.9 Å². The number of amides is 2. The van der Waals surface area contributed by atoms with Crippen molar-refractivity contribution in [3.8, 4) is 0 Å². The van der Waals surface area contributed by atoms with E-state index in [2.05, 4.69) is 20.6 Å². The van der Waals surface area contributed by atoms with Gasteiger partial charge in [0.25, 0.3) is 6.01 Å². The van der Waals surface area contributed by atoms with Gasteiger partial charge < -0.3 is 24.9 Å². The molecule has 5 rings (SSSR count). The Bertz CT molecular complexity index is 1390. The summed E-state index contributed by atoms with van der Waals surface area (Å²) in [5.41, 5.74) is -0.798. The van der Waals surface area contributed by atoms with Crippen molar-refractivity contribution in [3.63, 3.8) is 0 Å². The molecular weight excluding hydrogens is 544 g/mol. The number of pyridine rings is 1. The summed E-state index contributed by atoms with van der Waals surface area (Å²) in [6.07, 6.45) is -1.35. The molecule has 0 spiro atoms. The Labute approximate surface area is 233 Å². The maximum absolute atomic E-state index is 13.8. The SMILES string of the molecule is CC1CCCN(c2nc(C(F)(F)F)c(C(=O)Cc3ccc(N[C@H]4CCN(C(=O)Nc5ccccc5F)C4)nc3)o2)C1. The van der Waals surface area contributed by atoms with Crippen LogP contribution in [0.15, 0.2) is 47.0 Å². The molecule has 3 aromatic rings. The lowest BCUT2D eigenvalue weighted by atomic mass is 10.0. The van der Waals surface area contributed by atoms with Crippen LogP contribution in [0, 0.1) is 11.7 Å². The zero-order chi connectivity index (χ0) is 29.1. The first kappa shape index (κ1) is 28.4. The molecule has 0 bridgehead atoms. The highest BCUT2D eigenvalue weighted by Gasteiger charge is 2.42. The second-order valence-corrected chi connectivity index (χ2v) is 10.5. The van der Waals surface area contributed by atoms with Crippen molar-refractivity contribution in [2.45, 2.75) is 44.8 Å². The predicted molar refractivity (Wildman–Crippen MR) is 143 cm³/mol. The maximum atomic E-state index is 13.8. The lowest BCUT2D eigenvalue weighted by Gasteiger charge is -2.29. The van der Waals surface area contributed by atoms with Crippen molar-refractivity contribution in [3.05, 3.63) is 65.4 Å². The molecular formula is C28H30F4N6O3. The second kappa shape index (κ2) is 11.8.